The van der Waals surface area contributed by atoms with Crippen molar-refractivity contribution in [3.8, 4) is 0 Å². The minimum absolute atomic E-state index is 0.105. The fourth-order valence-corrected chi connectivity index (χ4v) is 3.22. The lowest BCUT2D eigenvalue weighted by Gasteiger charge is -2.16. The van der Waals surface area contributed by atoms with E-state index in [4.69, 9.17) is 0 Å². The summed E-state index contributed by atoms with van der Waals surface area (Å²) in [6.07, 6.45) is 0.882. The quantitative estimate of drug-likeness (QED) is 0.758. The Hall–Kier alpha value is -1.94. The first-order valence-electron chi connectivity index (χ1n) is 7.64. The molecule has 1 aliphatic rings. The Morgan fingerprint density at radius 1 is 1.09 bits per heavy atom. The molecule has 118 valence electrons. The molecule has 0 bridgehead atoms. The molecule has 1 fully saturated rings. The molecule has 4 heteroatoms. The van der Waals surface area contributed by atoms with Gasteiger partial charge >= 0.3 is 0 Å². The summed E-state index contributed by atoms with van der Waals surface area (Å²) in [6, 6.07) is 13.7. The number of amides is 2. The topological polar surface area (TPSA) is 37.4 Å². The number of carbonyl (C=O) groups is 2. The predicted octanol–water partition coefficient (Wildman–Crippen LogP) is 4.19. The van der Waals surface area contributed by atoms with Crippen LogP contribution in [-0.4, -0.2) is 11.8 Å². The van der Waals surface area contributed by atoms with Gasteiger partial charge < -0.3 is 0 Å². The molecular formula is C19H18BrNO2. The molecule has 0 spiro atoms. The fraction of sp³-hybridized carbons (Fsp3) is 0.263. The van der Waals surface area contributed by atoms with Gasteiger partial charge in [-0.3, -0.25) is 14.5 Å². The van der Waals surface area contributed by atoms with Crippen molar-refractivity contribution >= 4 is 33.4 Å². The Morgan fingerprint density at radius 3 is 2.43 bits per heavy atom. The average Bonchev–Trinajstić information content (AvgIpc) is 2.79. The Kier molecular flexibility index (Phi) is 4.35. The highest BCUT2D eigenvalue weighted by Gasteiger charge is 2.39. The summed E-state index contributed by atoms with van der Waals surface area (Å²) >= 11 is 3.46. The van der Waals surface area contributed by atoms with E-state index in [9.17, 15) is 9.59 Å². The number of carbonyl (C=O) groups excluding carboxylic acids is 2. The van der Waals surface area contributed by atoms with Crippen molar-refractivity contribution in [3.63, 3.8) is 0 Å². The summed E-state index contributed by atoms with van der Waals surface area (Å²) in [5.74, 6) is -0.500. The molecule has 3 nitrogen and oxygen atoms in total. The summed E-state index contributed by atoms with van der Waals surface area (Å²) < 4.78 is 0.901. The van der Waals surface area contributed by atoms with Crippen LogP contribution in [0.15, 0.2) is 46.9 Å². The molecule has 1 saturated heterocycles. The Morgan fingerprint density at radius 2 is 1.78 bits per heavy atom. The van der Waals surface area contributed by atoms with Gasteiger partial charge in [-0.15, -0.1) is 0 Å². The summed E-state index contributed by atoms with van der Waals surface area (Å²) in [7, 11) is 0. The first kappa shape index (κ1) is 15.9. The summed E-state index contributed by atoms with van der Waals surface area (Å²) in [6.45, 7) is 4.01. The van der Waals surface area contributed by atoms with Crippen LogP contribution >= 0.6 is 15.9 Å². The lowest BCUT2D eigenvalue weighted by Crippen LogP contribution is -2.30. The molecular weight excluding hydrogens is 354 g/mol. The lowest BCUT2D eigenvalue weighted by molar-refractivity contribution is -0.122. The zero-order chi connectivity index (χ0) is 16.6. The minimum atomic E-state index is -0.273. The monoisotopic (exact) mass is 371 g/mol. The highest BCUT2D eigenvalue weighted by Crippen LogP contribution is 2.31. The van der Waals surface area contributed by atoms with Gasteiger partial charge in [0.1, 0.15) is 0 Å². The molecule has 0 saturated carbocycles. The first-order chi connectivity index (χ1) is 11.0. The predicted molar refractivity (Wildman–Crippen MR) is 94.4 cm³/mol. The zero-order valence-electron chi connectivity index (χ0n) is 13.2. The van der Waals surface area contributed by atoms with Gasteiger partial charge in [0, 0.05) is 10.9 Å². The molecule has 1 aliphatic heterocycles. The maximum Gasteiger partial charge on any atom is 0.237 e. The highest BCUT2D eigenvalue weighted by atomic mass is 79.9. The summed E-state index contributed by atoms with van der Waals surface area (Å²) in [5, 5.41) is 0. The van der Waals surface area contributed by atoms with Crippen LogP contribution in [0.25, 0.3) is 0 Å². The van der Waals surface area contributed by atoms with Crippen molar-refractivity contribution in [1.82, 2.24) is 0 Å². The normalized spacial score (nSPS) is 17.9. The molecule has 2 aromatic carbocycles. The number of hydrogen-bond donors (Lipinski definition) is 0. The van der Waals surface area contributed by atoms with Gasteiger partial charge in [-0.1, -0.05) is 51.8 Å². The fourth-order valence-electron chi connectivity index (χ4n) is 2.86. The molecule has 0 N–H and O–H groups in total. The van der Waals surface area contributed by atoms with Crippen LogP contribution in [0.5, 0.6) is 0 Å². The second-order valence-electron chi connectivity index (χ2n) is 6.09. The number of imide groups is 1. The SMILES string of the molecule is Cc1ccc(C[C@H]2CC(=O)N(c3ccc(C)c(Br)c3)C2=O)cc1. The van der Waals surface area contributed by atoms with Gasteiger partial charge in [0.2, 0.25) is 11.8 Å². The van der Waals surface area contributed by atoms with E-state index >= 15 is 0 Å². The molecule has 0 aliphatic carbocycles. The van der Waals surface area contributed by atoms with Crippen molar-refractivity contribution in [2.24, 2.45) is 5.92 Å². The molecule has 2 aromatic rings. The van der Waals surface area contributed by atoms with Gasteiger partial charge in [-0.25, -0.2) is 0 Å². The Bertz CT molecular complexity index is 767. The third kappa shape index (κ3) is 3.22. The molecule has 0 radical (unpaired) electrons. The van der Waals surface area contributed by atoms with Crippen molar-refractivity contribution < 1.29 is 9.59 Å². The number of anilines is 1. The molecule has 0 aromatic heterocycles. The van der Waals surface area contributed by atoms with Gasteiger partial charge in [0.25, 0.3) is 0 Å². The molecule has 1 atom stereocenters. The molecule has 0 unspecified atom stereocenters. The van der Waals surface area contributed by atoms with Crippen LogP contribution in [0, 0.1) is 19.8 Å². The largest absolute Gasteiger partial charge is 0.274 e. The van der Waals surface area contributed by atoms with Crippen LogP contribution in [-0.2, 0) is 16.0 Å². The van der Waals surface area contributed by atoms with E-state index in [1.807, 2.05) is 56.3 Å². The van der Waals surface area contributed by atoms with Crippen molar-refractivity contribution in [1.29, 1.82) is 0 Å². The van der Waals surface area contributed by atoms with Crippen LogP contribution in [0.2, 0.25) is 0 Å². The van der Waals surface area contributed by atoms with Crippen LogP contribution in [0.4, 0.5) is 5.69 Å². The van der Waals surface area contributed by atoms with Gasteiger partial charge in [-0.05, 0) is 43.5 Å². The smallest absolute Gasteiger partial charge is 0.237 e. The third-order valence-electron chi connectivity index (χ3n) is 4.26. The average molecular weight is 372 g/mol. The van der Waals surface area contributed by atoms with Crippen molar-refractivity contribution in [3.05, 3.63) is 63.6 Å². The van der Waals surface area contributed by atoms with E-state index in [2.05, 4.69) is 15.9 Å². The summed E-state index contributed by atoms with van der Waals surface area (Å²) in [5.41, 5.74) is 4.00. The number of benzene rings is 2. The van der Waals surface area contributed by atoms with E-state index in [1.54, 1.807) is 0 Å². The lowest BCUT2D eigenvalue weighted by atomic mass is 9.97. The Balaban J connectivity index is 1.82. The first-order valence-corrected chi connectivity index (χ1v) is 8.43. The van der Waals surface area contributed by atoms with Gasteiger partial charge in [0.15, 0.2) is 0 Å². The molecule has 23 heavy (non-hydrogen) atoms. The second-order valence-corrected chi connectivity index (χ2v) is 6.95. The van der Waals surface area contributed by atoms with Crippen molar-refractivity contribution in [2.45, 2.75) is 26.7 Å². The van der Waals surface area contributed by atoms with E-state index in [1.165, 1.54) is 10.5 Å². The zero-order valence-corrected chi connectivity index (χ0v) is 14.8. The number of halogens is 1. The standard InChI is InChI=1S/C19H18BrNO2/c1-12-3-6-14(7-4-12)9-15-10-18(22)21(19(15)23)16-8-5-13(2)17(20)11-16/h3-8,11,15H,9-10H2,1-2H3/t15-/m0/s1. The number of aryl methyl sites for hydroxylation is 2. The minimum Gasteiger partial charge on any atom is -0.274 e. The Labute approximate surface area is 144 Å². The highest BCUT2D eigenvalue weighted by molar-refractivity contribution is 9.10. The van der Waals surface area contributed by atoms with E-state index in [-0.39, 0.29) is 24.2 Å². The van der Waals surface area contributed by atoms with Crippen LogP contribution in [0.1, 0.15) is 23.1 Å². The molecule has 3 rings (SSSR count). The maximum atomic E-state index is 12.7. The van der Waals surface area contributed by atoms with Crippen molar-refractivity contribution in [2.75, 3.05) is 4.90 Å². The van der Waals surface area contributed by atoms with Crippen LogP contribution in [0.3, 0.4) is 0 Å². The summed E-state index contributed by atoms with van der Waals surface area (Å²) in [4.78, 5) is 26.3. The van der Waals surface area contributed by atoms with Crippen LogP contribution < -0.4 is 4.90 Å². The number of hydrogen-bond acceptors (Lipinski definition) is 2. The third-order valence-corrected chi connectivity index (χ3v) is 5.11. The van der Waals surface area contributed by atoms with E-state index < -0.39 is 0 Å². The molecule has 1 heterocycles. The van der Waals surface area contributed by atoms with Gasteiger partial charge in [0.05, 0.1) is 11.6 Å². The number of nitrogens with zero attached hydrogens (tertiary/aromatic N) is 1. The van der Waals surface area contributed by atoms with E-state index in [0.29, 0.717) is 12.1 Å². The maximum absolute atomic E-state index is 12.7. The molecule has 2 amide bonds. The second kappa shape index (κ2) is 6.28. The van der Waals surface area contributed by atoms with E-state index in [0.717, 1.165) is 15.6 Å². The number of rotatable bonds is 3. The van der Waals surface area contributed by atoms with Gasteiger partial charge in [-0.2, -0.15) is 0 Å².